The van der Waals surface area contributed by atoms with E-state index in [0.717, 1.165) is 57.8 Å². The Kier molecular flexibility index (Phi) is 28.0. The summed E-state index contributed by atoms with van der Waals surface area (Å²) in [5.41, 5.74) is 0. The van der Waals surface area contributed by atoms with Crippen LogP contribution in [-0.4, -0.2) is 89.0 Å². The van der Waals surface area contributed by atoms with E-state index in [1.807, 2.05) is 0 Å². The number of rotatable bonds is 31. The molecule has 0 amide bonds. The Morgan fingerprint density at radius 2 is 1.10 bits per heavy atom. The van der Waals surface area contributed by atoms with Gasteiger partial charge in [-0.25, -0.2) is 0 Å². The van der Waals surface area contributed by atoms with Gasteiger partial charge in [0.1, 0.15) is 31.0 Å². The average molecular weight is 687 g/mol. The molecule has 1 saturated heterocycles. The zero-order valence-electron chi connectivity index (χ0n) is 30.2. The summed E-state index contributed by atoms with van der Waals surface area (Å²) in [7, 11) is 0. The molecule has 48 heavy (non-hydrogen) atoms. The van der Waals surface area contributed by atoms with E-state index < -0.39 is 49.4 Å². The van der Waals surface area contributed by atoms with Crippen molar-refractivity contribution in [2.24, 2.45) is 0 Å². The Labute approximate surface area is 291 Å². The topological polar surface area (TPSA) is 152 Å². The highest BCUT2D eigenvalue weighted by Gasteiger charge is 2.44. The second-order valence-corrected chi connectivity index (χ2v) is 13.4. The zero-order chi connectivity index (χ0) is 35.2. The van der Waals surface area contributed by atoms with Crippen LogP contribution in [0.15, 0.2) is 12.2 Å². The Morgan fingerprint density at radius 1 is 0.625 bits per heavy atom. The van der Waals surface area contributed by atoms with Crippen molar-refractivity contribution in [2.75, 3.05) is 19.8 Å². The van der Waals surface area contributed by atoms with Gasteiger partial charge in [-0.2, -0.15) is 0 Å². The third-order valence-electron chi connectivity index (χ3n) is 8.90. The molecule has 0 aliphatic carbocycles. The molecule has 282 valence electrons. The maximum Gasteiger partial charge on any atom is 0.306 e. The fourth-order valence-corrected chi connectivity index (χ4v) is 5.77. The number of hydrogen-bond acceptors (Lipinski definition) is 10. The van der Waals surface area contributed by atoms with Crippen LogP contribution in [-0.2, 0) is 28.5 Å². The van der Waals surface area contributed by atoms with Crippen LogP contribution in [0.5, 0.6) is 0 Å². The molecule has 6 atom stereocenters. The van der Waals surface area contributed by atoms with Gasteiger partial charge in [0.2, 0.25) is 0 Å². The lowest BCUT2D eigenvalue weighted by Crippen LogP contribution is -2.59. The van der Waals surface area contributed by atoms with E-state index in [-0.39, 0.29) is 32.0 Å². The van der Waals surface area contributed by atoms with E-state index in [4.69, 9.17) is 18.9 Å². The maximum absolute atomic E-state index is 12.6. The van der Waals surface area contributed by atoms with Gasteiger partial charge in [-0.3, -0.25) is 9.59 Å². The van der Waals surface area contributed by atoms with Gasteiger partial charge in [-0.1, -0.05) is 122 Å². The van der Waals surface area contributed by atoms with Crippen LogP contribution in [0.1, 0.15) is 162 Å². The number of ether oxygens (including phenoxy) is 4. The number of aliphatic hydroxyl groups is 4. The van der Waals surface area contributed by atoms with E-state index in [2.05, 4.69) is 26.0 Å². The molecule has 1 heterocycles. The lowest BCUT2D eigenvalue weighted by atomic mass is 9.99. The first-order valence-corrected chi connectivity index (χ1v) is 19.3. The molecule has 2 unspecified atom stereocenters. The van der Waals surface area contributed by atoms with E-state index in [9.17, 15) is 30.0 Å². The van der Waals surface area contributed by atoms with Crippen molar-refractivity contribution in [1.29, 1.82) is 0 Å². The Hall–Kier alpha value is -1.56. The summed E-state index contributed by atoms with van der Waals surface area (Å²) >= 11 is 0. The van der Waals surface area contributed by atoms with Gasteiger partial charge >= 0.3 is 11.9 Å². The predicted octanol–water partition coefficient (Wildman–Crippen LogP) is 6.83. The van der Waals surface area contributed by atoms with Crippen molar-refractivity contribution < 1.29 is 49.0 Å². The van der Waals surface area contributed by atoms with Crippen molar-refractivity contribution in [3.63, 3.8) is 0 Å². The summed E-state index contributed by atoms with van der Waals surface area (Å²) in [6.07, 6.45) is 20.9. The van der Waals surface area contributed by atoms with Crippen LogP contribution in [0.25, 0.3) is 0 Å². The third-order valence-corrected chi connectivity index (χ3v) is 8.90. The van der Waals surface area contributed by atoms with E-state index in [0.29, 0.717) is 6.42 Å². The molecular formula is C38H70O10. The minimum atomic E-state index is -1.59. The molecule has 0 aromatic carbocycles. The summed E-state index contributed by atoms with van der Waals surface area (Å²) in [5, 5.41) is 39.8. The van der Waals surface area contributed by atoms with Crippen LogP contribution >= 0.6 is 0 Å². The number of carbonyl (C=O) groups is 2. The first-order chi connectivity index (χ1) is 23.3. The summed E-state index contributed by atoms with van der Waals surface area (Å²) < 4.78 is 22.0. The monoisotopic (exact) mass is 686 g/mol. The van der Waals surface area contributed by atoms with Gasteiger partial charge in [0.25, 0.3) is 0 Å². The van der Waals surface area contributed by atoms with Crippen molar-refractivity contribution in [1.82, 2.24) is 0 Å². The molecule has 10 nitrogen and oxygen atoms in total. The third kappa shape index (κ3) is 22.2. The van der Waals surface area contributed by atoms with Gasteiger partial charge in [-0.05, 0) is 38.5 Å². The second kappa shape index (κ2) is 30.3. The number of esters is 2. The Bertz CT molecular complexity index is 804. The zero-order valence-corrected chi connectivity index (χ0v) is 30.2. The maximum atomic E-state index is 12.6. The van der Waals surface area contributed by atoms with Crippen molar-refractivity contribution in [3.8, 4) is 0 Å². The first-order valence-electron chi connectivity index (χ1n) is 19.3. The Balaban J connectivity index is 2.37. The fraction of sp³-hybridized carbons (Fsp3) is 0.895. The standard InChI is InChI=1S/C38H70O10/c1-3-5-7-9-11-13-14-15-16-17-18-19-21-22-24-26-33(40)45-29-31(47-34(41)27-25-23-20-12-10-8-6-4-2)30-46-38-37(44)36(43)35(42)32(28-39)48-38/h15-16,31-32,35-39,42-44H,3-14,17-30H2,1-2H3/b16-15+/t31-,32-,35+,36?,37?,38-/m0/s1. The highest BCUT2D eigenvalue weighted by Crippen LogP contribution is 2.22. The van der Waals surface area contributed by atoms with Crippen molar-refractivity contribution in [3.05, 3.63) is 12.2 Å². The predicted molar refractivity (Wildman–Crippen MR) is 187 cm³/mol. The number of aliphatic hydroxyl groups excluding tert-OH is 4. The first kappa shape index (κ1) is 44.5. The molecule has 0 spiro atoms. The molecule has 0 bridgehead atoms. The lowest BCUT2D eigenvalue weighted by Gasteiger charge is -2.39. The SMILES string of the molecule is CCCCCCCC/C=C/CCCCCCCC(=O)OC[C@@H](CO[C@H]1O[C@@H](CO)[C@@H](O)C(O)C1O)OC(=O)CCCCCCCCCC. The van der Waals surface area contributed by atoms with Crippen molar-refractivity contribution in [2.45, 2.75) is 198 Å². The van der Waals surface area contributed by atoms with E-state index >= 15 is 0 Å². The molecule has 0 aromatic rings. The minimum absolute atomic E-state index is 0.218. The molecule has 0 radical (unpaired) electrons. The summed E-state index contributed by atoms with van der Waals surface area (Å²) in [6, 6.07) is 0. The Morgan fingerprint density at radius 3 is 1.62 bits per heavy atom. The number of hydrogen-bond donors (Lipinski definition) is 4. The van der Waals surface area contributed by atoms with Crippen LogP contribution in [0.2, 0.25) is 0 Å². The van der Waals surface area contributed by atoms with Gasteiger partial charge in [0, 0.05) is 12.8 Å². The molecular weight excluding hydrogens is 616 g/mol. The molecule has 1 fully saturated rings. The molecule has 1 aliphatic heterocycles. The number of allylic oxidation sites excluding steroid dienone is 2. The second-order valence-electron chi connectivity index (χ2n) is 13.4. The van der Waals surface area contributed by atoms with Crippen LogP contribution in [0, 0.1) is 0 Å². The fourth-order valence-electron chi connectivity index (χ4n) is 5.77. The van der Waals surface area contributed by atoms with E-state index in [1.165, 1.54) is 70.6 Å². The summed E-state index contributed by atoms with van der Waals surface area (Å²) in [6.45, 7) is 3.36. The smallest absolute Gasteiger partial charge is 0.306 e. The summed E-state index contributed by atoms with van der Waals surface area (Å²) in [5.74, 6) is -0.818. The highest BCUT2D eigenvalue weighted by molar-refractivity contribution is 5.70. The molecule has 10 heteroatoms. The van der Waals surface area contributed by atoms with Gasteiger partial charge in [-0.15, -0.1) is 0 Å². The number of carbonyl (C=O) groups excluding carboxylic acids is 2. The molecule has 1 rings (SSSR count). The minimum Gasteiger partial charge on any atom is -0.462 e. The van der Waals surface area contributed by atoms with E-state index in [1.54, 1.807) is 0 Å². The lowest BCUT2D eigenvalue weighted by molar-refractivity contribution is -0.305. The molecule has 0 saturated carbocycles. The van der Waals surface area contributed by atoms with Gasteiger partial charge in [0.15, 0.2) is 12.4 Å². The highest BCUT2D eigenvalue weighted by atomic mass is 16.7. The normalized spacial score (nSPS) is 21.8. The molecule has 0 aromatic heterocycles. The molecule has 4 N–H and O–H groups in total. The molecule has 1 aliphatic rings. The quantitative estimate of drug-likeness (QED) is 0.0347. The largest absolute Gasteiger partial charge is 0.462 e. The van der Waals surface area contributed by atoms with Crippen LogP contribution in [0.4, 0.5) is 0 Å². The van der Waals surface area contributed by atoms with Crippen molar-refractivity contribution >= 4 is 11.9 Å². The summed E-state index contributed by atoms with van der Waals surface area (Å²) in [4.78, 5) is 25.1. The van der Waals surface area contributed by atoms with Crippen LogP contribution < -0.4 is 0 Å². The number of unbranched alkanes of at least 4 members (excludes halogenated alkanes) is 18. The van der Waals surface area contributed by atoms with Gasteiger partial charge in [0.05, 0.1) is 13.2 Å². The van der Waals surface area contributed by atoms with Crippen LogP contribution in [0.3, 0.4) is 0 Å². The average Bonchev–Trinajstić information content (AvgIpc) is 3.08. The van der Waals surface area contributed by atoms with Gasteiger partial charge < -0.3 is 39.4 Å².